The van der Waals surface area contributed by atoms with Gasteiger partial charge in [0.1, 0.15) is 5.82 Å². The van der Waals surface area contributed by atoms with Crippen molar-refractivity contribution in [3.8, 4) is 0 Å². The Morgan fingerprint density at radius 1 is 1.60 bits per heavy atom. The molecule has 0 radical (unpaired) electrons. The summed E-state index contributed by atoms with van der Waals surface area (Å²) in [5, 5.41) is 0. The van der Waals surface area contributed by atoms with Crippen LogP contribution in [-0.4, -0.2) is 46.2 Å². The summed E-state index contributed by atoms with van der Waals surface area (Å²) in [6.07, 6.45) is 2.80. The number of aromatic nitrogens is 2. The topological polar surface area (TPSA) is 73.4 Å². The molecule has 1 aromatic rings. The fourth-order valence-electron chi connectivity index (χ4n) is 2.65. The number of imidazole rings is 1. The zero-order valence-corrected chi connectivity index (χ0v) is 12.5. The van der Waals surface area contributed by atoms with Crippen LogP contribution < -0.4 is 5.73 Å². The number of carbonyl (C=O) groups excluding carboxylic acids is 1. The number of rotatable bonds is 5. The van der Waals surface area contributed by atoms with E-state index < -0.39 is 5.97 Å². The molecular weight excluding hydrogens is 256 g/mol. The molecular formula is C14H24N4O2. The van der Waals surface area contributed by atoms with Gasteiger partial charge in [0.25, 0.3) is 0 Å². The number of nitrogens with two attached hydrogens (primary N) is 1. The quantitative estimate of drug-likeness (QED) is 0.825. The highest BCUT2D eigenvalue weighted by atomic mass is 16.5. The van der Waals surface area contributed by atoms with Crippen molar-refractivity contribution in [3.63, 3.8) is 0 Å². The van der Waals surface area contributed by atoms with Crippen LogP contribution in [0.4, 0.5) is 5.82 Å². The zero-order valence-electron chi connectivity index (χ0n) is 12.5. The molecule has 1 saturated heterocycles. The maximum Gasteiger partial charge on any atom is 0.360 e. The summed E-state index contributed by atoms with van der Waals surface area (Å²) in [6.45, 7) is 9.54. The Balaban J connectivity index is 1.99. The van der Waals surface area contributed by atoms with Crippen LogP contribution >= 0.6 is 0 Å². The van der Waals surface area contributed by atoms with Crippen molar-refractivity contribution in [1.82, 2.24) is 14.5 Å². The van der Waals surface area contributed by atoms with Crippen LogP contribution in [0.3, 0.4) is 0 Å². The van der Waals surface area contributed by atoms with Crippen LogP contribution in [0.1, 0.15) is 37.7 Å². The van der Waals surface area contributed by atoms with Gasteiger partial charge in [0.05, 0.1) is 12.9 Å². The van der Waals surface area contributed by atoms with Gasteiger partial charge in [0, 0.05) is 19.1 Å². The summed E-state index contributed by atoms with van der Waals surface area (Å²) in [5.74, 6) is 0.523. The van der Waals surface area contributed by atoms with E-state index in [0.717, 1.165) is 26.1 Å². The molecule has 1 aliphatic rings. The van der Waals surface area contributed by atoms with Crippen LogP contribution in [0.2, 0.25) is 0 Å². The van der Waals surface area contributed by atoms with Crippen LogP contribution in [0, 0.1) is 5.92 Å². The van der Waals surface area contributed by atoms with E-state index in [-0.39, 0.29) is 5.69 Å². The smallest absolute Gasteiger partial charge is 0.360 e. The van der Waals surface area contributed by atoms with Gasteiger partial charge in [-0.1, -0.05) is 0 Å². The van der Waals surface area contributed by atoms with Crippen LogP contribution in [0.25, 0.3) is 0 Å². The van der Waals surface area contributed by atoms with Gasteiger partial charge in [-0.05, 0) is 39.7 Å². The highest BCUT2D eigenvalue weighted by molar-refractivity contribution is 5.92. The molecule has 0 bridgehead atoms. The summed E-state index contributed by atoms with van der Waals surface area (Å²) in [4.78, 5) is 18.2. The maximum absolute atomic E-state index is 11.7. The Bertz CT molecular complexity index is 470. The van der Waals surface area contributed by atoms with Crippen molar-refractivity contribution >= 4 is 11.8 Å². The van der Waals surface area contributed by atoms with Gasteiger partial charge >= 0.3 is 5.97 Å². The third kappa shape index (κ3) is 3.12. The van der Waals surface area contributed by atoms with Gasteiger partial charge in [0.2, 0.25) is 0 Å². The Morgan fingerprint density at radius 2 is 2.35 bits per heavy atom. The third-order valence-electron chi connectivity index (χ3n) is 3.85. The van der Waals surface area contributed by atoms with Gasteiger partial charge in [0.15, 0.2) is 5.69 Å². The number of hydrogen-bond donors (Lipinski definition) is 1. The number of nitrogen functional groups attached to an aromatic ring is 1. The minimum absolute atomic E-state index is 0.227. The molecule has 2 N–H and O–H groups in total. The van der Waals surface area contributed by atoms with Crippen molar-refractivity contribution < 1.29 is 9.53 Å². The third-order valence-corrected chi connectivity index (χ3v) is 3.85. The first kappa shape index (κ1) is 14.8. The second-order valence-electron chi connectivity index (χ2n) is 5.59. The van der Waals surface area contributed by atoms with Crippen LogP contribution in [-0.2, 0) is 11.3 Å². The van der Waals surface area contributed by atoms with E-state index in [2.05, 4.69) is 23.7 Å². The Morgan fingerprint density at radius 3 is 2.95 bits per heavy atom. The standard InChI is InChI=1S/C14H24N4O2/c1-4-20-14(19)12-13(15)18(9-16-12)8-11-5-6-17(7-11)10(2)3/h9-11H,4-8,15H2,1-3H3. The number of esters is 1. The van der Waals surface area contributed by atoms with E-state index in [1.54, 1.807) is 13.3 Å². The maximum atomic E-state index is 11.7. The SMILES string of the molecule is CCOC(=O)c1ncn(CC2CCN(C(C)C)C2)c1N. The average molecular weight is 280 g/mol. The van der Waals surface area contributed by atoms with Gasteiger partial charge in [-0.2, -0.15) is 0 Å². The molecule has 1 aliphatic heterocycles. The average Bonchev–Trinajstić information content (AvgIpc) is 2.99. The predicted molar refractivity (Wildman–Crippen MR) is 77.4 cm³/mol. The largest absolute Gasteiger partial charge is 0.461 e. The summed E-state index contributed by atoms with van der Waals surface area (Å²) >= 11 is 0. The predicted octanol–water partition coefficient (Wildman–Crippen LogP) is 1.37. The highest BCUT2D eigenvalue weighted by Gasteiger charge is 2.26. The molecule has 2 rings (SSSR count). The molecule has 20 heavy (non-hydrogen) atoms. The van der Waals surface area contributed by atoms with Gasteiger partial charge < -0.3 is 19.9 Å². The van der Waals surface area contributed by atoms with Crippen LogP contribution in [0.5, 0.6) is 0 Å². The molecule has 0 aromatic carbocycles. The molecule has 0 aliphatic carbocycles. The lowest BCUT2D eigenvalue weighted by Crippen LogP contribution is -2.28. The number of carbonyl (C=O) groups is 1. The van der Waals surface area contributed by atoms with Crippen molar-refractivity contribution in [2.75, 3.05) is 25.4 Å². The molecule has 1 fully saturated rings. The lowest BCUT2D eigenvalue weighted by atomic mass is 10.1. The van der Waals surface area contributed by atoms with Gasteiger partial charge in [-0.3, -0.25) is 0 Å². The first-order valence-corrected chi connectivity index (χ1v) is 7.24. The van der Waals surface area contributed by atoms with Gasteiger partial charge in [-0.15, -0.1) is 0 Å². The van der Waals surface area contributed by atoms with Crippen molar-refractivity contribution in [1.29, 1.82) is 0 Å². The first-order chi connectivity index (χ1) is 9.52. The normalized spacial score (nSPS) is 19.7. The highest BCUT2D eigenvalue weighted by Crippen LogP contribution is 2.22. The molecule has 112 valence electrons. The second-order valence-corrected chi connectivity index (χ2v) is 5.59. The molecule has 0 saturated carbocycles. The van der Waals surface area contributed by atoms with E-state index in [0.29, 0.717) is 24.4 Å². The Hall–Kier alpha value is -1.56. The molecule has 1 unspecified atom stereocenters. The summed E-state index contributed by atoms with van der Waals surface area (Å²) in [5.41, 5.74) is 6.22. The van der Waals surface area contributed by atoms with E-state index in [1.165, 1.54) is 0 Å². The van der Waals surface area contributed by atoms with Gasteiger partial charge in [-0.25, -0.2) is 9.78 Å². The number of ether oxygens (including phenoxy) is 1. The van der Waals surface area contributed by atoms with E-state index in [1.807, 2.05) is 4.57 Å². The lowest BCUT2D eigenvalue weighted by Gasteiger charge is -2.20. The monoisotopic (exact) mass is 280 g/mol. The molecule has 6 nitrogen and oxygen atoms in total. The minimum atomic E-state index is -0.445. The number of nitrogens with zero attached hydrogens (tertiary/aromatic N) is 3. The fourth-order valence-corrected chi connectivity index (χ4v) is 2.65. The summed E-state index contributed by atoms with van der Waals surface area (Å²) < 4.78 is 6.80. The number of hydrogen-bond acceptors (Lipinski definition) is 5. The van der Waals surface area contributed by atoms with E-state index in [4.69, 9.17) is 10.5 Å². The minimum Gasteiger partial charge on any atom is -0.461 e. The second kappa shape index (κ2) is 6.26. The summed E-state index contributed by atoms with van der Waals surface area (Å²) in [7, 11) is 0. The zero-order chi connectivity index (χ0) is 14.7. The molecule has 6 heteroatoms. The number of anilines is 1. The molecule has 2 heterocycles. The first-order valence-electron chi connectivity index (χ1n) is 7.24. The Kier molecular flexibility index (Phi) is 4.65. The summed E-state index contributed by atoms with van der Waals surface area (Å²) in [6, 6.07) is 0.579. The lowest BCUT2D eigenvalue weighted by molar-refractivity contribution is 0.0521. The molecule has 1 aromatic heterocycles. The molecule has 1 atom stereocenters. The van der Waals surface area contributed by atoms with Crippen molar-refractivity contribution in [2.24, 2.45) is 5.92 Å². The van der Waals surface area contributed by atoms with Crippen LogP contribution in [0.15, 0.2) is 6.33 Å². The number of likely N-dealkylation sites (tertiary alicyclic amines) is 1. The Labute approximate surface area is 119 Å². The van der Waals surface area contributed by atoms with Crippen molar-refractivity contribution in [3.05, 3.63) is 12.0 Å². The molecule has 0 amide bonds. The van der Waals surface area contributed by atoms with E-state index >= 15 is 0 Å². The fraction of sp³-hybridized carbons (Fsp3) is 0.714. The van der Waals surface area contributed by atoms with Crippen molar-refractivity contribution in [2.45, 2.75) is 39.8 Å². The van der Waals surface area contributed by atoms with E-state index in [9.17, 15) is 4.79 Å². The molecule has 0 spiro atoms.